The summed E-state index contributed by atoms with van der Waals surface area (Å²) in [6, 6.07) is 0. The van der Waals surface area contributed by atoms with Crippen molar-refractivity contribution in [3.05, 3.63) is 0 Å². The highest BCUT2D eigenvalue weighted by molar-refractivity contribution is 4.90. The van der Waals surface area contributed by atoms with Gasteiger partial charge in [-0.3, -0.25) is 0 Å². The molecule has 0 spiro atoms. The zero-order valence-electron chi connectivity index (χ0n) is 5.37. The van der Waals surface area contributed by atoms with Crippen LogP contribution in [0.25, 0.3) is 0 Å². The van der Waals surface area contributed by atoms with E-state index in [-0.39, 0.29) is 0 Å². The van der Waals surface area contributed by atoms with E-state index in [1.807, 2.05) is 0 Å². The summed E-state index contributed by atoms with van der Waals surface area (Å²) in [4.78, 5) is 4.58. The van der Waals surface area contributed by atoms with Gasteiger partial charge in [-0.2, -0.15) is 0 Å². The molecule has 1 aromatic rings. The molecule has 0 saturated heterocycles. The van der Waals surface area contributed by atoms with E-state index in [9.17, 15) is 0 Å². The maximum absolute atomic E-state index is 3.57. The summed E-state index contributed by atoms with van der Waals surface area (Å²) in [7, 11) is 0. The number of nitrogens with zero attached hydrogens (tertiary/aromatic N) is 12. The molecule has 0 atom stereocenters. The first-order valence-electron chi connectivity index (χ1n) is 3.00. The first kappa shape index (κ1) is 4.47. The third kappa shape index (κ3) is 0.405. The van der Waals surface area contributed by atoms with Crippen LogP contribution in [-0.2, 0) is 0 Å². The second-order valence-electron chi connectivity index (χ2n) is 2.15. The highest BCUT2D eigenvalue weighted by Crippen LogP contribution is 2.21. The van der Waals surface area contributed by atoms with E-state index in [1.165, 1.54) is 30.4 Å². The van der Waals surface area contributed by atoms with Crippen LogP contribution in [0.4, 0.5) is 0 Å². The molecule has 0 fully saturated rings. The van der Waals surface area contributed by atoms with Crippen molar-refractivity contribution >= 4 is 0 Å². The van der Waals surface area contributed by atoms with Crippen molar-refractivity contribution in [2.45, 2.75) is 0 Å². The van der Waals surface area contributed by atoms with Crippen LogP contribution in [0.2, 0.25) is 0 Å². The molecule has 60 valence electrons. The van der Waals surface area contributed by atoms with Gasteiger partial charge in [0.2, 0.25) is 0 Å². The van der Waals surface area contributed by atoms with E-state index < -0.39 is 0 Å². The third-order valence-electron chi connectivity index (χ3n) is 1.44. The van der Waals surface area contributed by atoms with Gasteiger partial charge < -0.3 is 0 Å². The second kappa shape index (κ2) is 1.06. The van der Waals surface area contributed by atoms with Crippen molar-refractivity contribution in [2.75, 3.05) is 15.7 Å². The Labute approximate surface area is 62.9 Å². The van der Waals surface area contributed by atoms with Crippen LogP contribution in [0.5, 0.6) is 0 Å². The lowest BCUT2D eigenvalue weighted by Gasteiger charge is -1.81. The van der Waals surface area contributed by atoms with E-state index in [0.29, 0.717) is 0 Å². The van der Waals surface area contributed by atoms with Gasteiger partial charge in [0.1, 0.15) is 0 Å². The number of rotatable bonds is 3. The Balaban J connectivity index is 1.68. The molecule has 3 aliphatic heterocycles. The molecule has 0 saturated carbocycles. The predicted molar refractivity (Wildman–Crippen MR) is 29.6 cm³/mol. The van der Waals surface area contributed by atoms with E-state index >= 15 is 0 Å². The van der Waals surface area contributed by atoms with Crippen molar-refractivity contribution < 1.29 is 0 Å². The summed E-state index contributed by atoms with van der Waals surface area (Å²) in [6.45, 7) is 0. The highest BCUT2D eigenvalue weighted by atomic mass is 16.4. The molecule has 0 amide bonds. The molecule has 12 heteroatoms. The molecule has 0 unspecified atom stereocenters. The van der Waals surface area contributed by atoms with Crippen LogP contribution >= 0.6 is 0 Å². The Hall–Kier alpha value is -2.40. The minimum atomic E-state index is 1.34. The molecule has 4 heterocycles. The SMILES string of the molecule is N1=NN1n1n(N2N=N2)n1N1N=N1. The fourth-order valence-electron chi connectivity index (χ4n) is 0.805. The van der Waals surface area contributed by atoms with Crippen molar-refractivity contribution in [3.8, 4) is 0 Å². The quantitative estimate of drug-likeness (QED) is 0.566. The first-order chi connectivity index (χ1) is 5.95. The lowest BCUT2D eigenvalue weighted by molar-refractivity contribution is 0.652. The van der Waals surface area contributed by atoms with Gasteiger partial charge in [-0.1, -0.05) is 0 Å². The summed E-state index contributed by atoms with van der Waals surface area (Å²) in [5.41, 5.74) is 0. The van der Waals surface area contributed by atoms with Gasteiger partial charge in [0.15, 0.2) is 0 Å². The molecule has 0 radical (unpaired) electrons. The van der Waals surface area contributed by atoms with Gasteiger partial charge in [-0.15, -0.1) is 0 Å². The summed E-state index contributed by atoms with van der Waals surface area (Å²) < 4.78 is 0. The topological polar surface area (TPSA) is 98.0 Å². The molecule has 4 rings (SSSR count). The maximum Gasteiger partial charge on any atom is 0 e. The summed E-state index contributed by atoms with van der Waals surface area (Å²) >= 11 is 0. The summed E-state index contributed by atoms with van der Waals surface area (Å²) in [5, 5.41) is 25.4. The van der Waals surface area contributed by atoms with Gasteiger partial charge in [0, 0.05) is 61.7 Å². The predicted octanol–water partition coefficient (Wildman–Crippen LogP) is -1.21. The number of hydrogen-bond acceptors (Lipinski definition) is 9. The second-order valence-corrected chi connectivity index (χ2v) is 2.15. The summed E-state index contributed by atoms with van der Waals surface area (Å²) in [6.07, 6.45) is 0. The van der Waals surface area contributed by atoms with Crippen LogP contribution in [0.15, 0.2) is 31.3 Å². The van der Waals surface area contributed by atoms with Crippen LogP contribution in [0.3, 0.4) is 0 Å². The molecular formula is N12. The maximum atomic E-state index is 3.57. The Bertz CT molecular complexity index is 322. The lowest BCUT2D eigenvalue weighted by Crippen LogP contribution is -2.12. The zero-order chi connectivity index (χ0) is 7.71. The molecular weight excluding hydrogens is 168 g/mol. The minimum absolute atomic E-state index is 1.34. The van der Waals surface area contributed by atoms with Crippen LogP contribution < -0.4 is 15.7 Å². The van der Waals surface area contributed by atoms with E-state index in [0.717, 1.165) is 0 Å². The van der Waals surface area contributed by atoms with Gasteiger partial charge in [0.05, 0.1) is 0 Å². The van der Waals surface area contributed by atoms with Crippen LogP contribution in [0.1, 0.15) is 0 Å². The molecule has 0 N–H and O–H groups in total. The standard InChI is InChI=1S/N12/c1-2-7(1)10-11(8-3-4-8)12(10)9-5-6-9. The van der Waals surface area contributed by atoms with Crippen molar-refractivity contribution in [2.24, 2.45) is 31.3 Å². The van der Waals surface area contributed by atoms with Gasteiger partial charge in [-0.05, 0) is 0 Å². The third-order valence-corrected chi connectivity index (χ3v) is 1.44. The lowest BCUT2D eigenvalue weighted by atomic mass is 12.2. The summed E-state index contributed by atoms with van der Waals surface area (Å²) in [5.74, 6) is 0. The van der Waals surface area contributed by atoms with Crippen LogP contribution in [0, 0.1) is 0 Å². The molecule has 0 aromatic carbocycles. The Morgan fingerprint density at radius 3 is 0.833 bits per heavy atom. The Morgan fingerprint density at radius 2 is 0.667 bits per heavy atom. The largest absolute Gasteiger partial charge is 0 e. The Kier molecular flexibility index (Phi) is 0.397. The van der Waals surface area contributed by atoms with Crippen molar-refractivity contribution in [1.82, 2.24) is 14.7 Å². The minimum Gasteiger partial charge on any atom is 0 e. The van der Waals surface area contributed by atoms with Crippen LogP contribution in [-0.4, -0.2) is 14.7 Å². The Morgan fingerprint density at radius 1 is 0.417 bits per heavy atom. The molecule has 1 aromatic heterocycles. The highest BCUT2D eigenvalue weighted by Gasteiger charge is 2.43. The fraction of sp³-hybridized carbons (Fsp3) is 0. The first-order valence-corrected chi connectivity index (χ1v) is 3.00. The van der Waals surface area contributed by atoms with Crippen molar-refractivity contribution in [3.63, 3.8) is 0 Å². The average Bonchev–Trinajstić information content (AvgIpc) is 2.81. The molecule has 3 aliphatic rings. The van der Waals surface area contributed by atoms with Crippen molar-refractivity contribution in [1.29, 1.82) is 0 Å². The number of aromatic nitrogens is 3. The molecule has 12 nitrogen and oxygen atoms in total. The van der Waals surface area contributed by atoms with E-state index in [4.69, 9.17) is 0 Å². The molecule has 0 bridgehead atoms. The average molecular weight is 168 g/mol. The van der Waals surface area contributed by atoms with E-state index in [2.05, 4.69) is 31.3 Å². The van der Waals surface area contributed by atoms with Gasteiger partial charge in [-0.25, -0.2) is 0 Å². The normalized spacial score (nSPS) is 21.5. The molecule has 0 aliphatic carbocycles. The van der Waals surface area contributed by atoms with Gasteiger partial charge >= 0.3 is 0 Å². The smallest absolute Gasteiger partial charge is 0 e. The molecule has 12 heavy (non-hydrogen) atoms. The van der Waals surface area contributed by atoms with Gasteiger partial charge in [0.25, 0.3) is 0 Å². The van der Waals surface area contributed by atoms with E-state index in [1.54, 1.807) is 0 Å². The zero-order valence-corrected chi connectivity index (χ0v) is 5.37. The monoisotopic (exact) mass is 168 g/mol. The number of hydrogen-bond donors (Lipinski definition) is 0. The fourth-order valence-corrected chi connectivity index (χ4v) is 0.805.